The Morgan fingerprint density at radius 2 is 1.97 bits per heavy atom. The molecule has 0 spiro atoms. The Kier molecular flexibility index (Phi) is 7.41. The van der Waals surface area contributed by atoms with Crippen molar-refractivity contribution in [3.8, 4) is 11.5 Å². The van der Waals surface area contributed by atoms with E-state index in [0.29, 0.717) is 52.9 Å². The number of rotatable bonds is 7. The van der Waals surface area contributed by atoms with Crippen LogP contribution in [-0.4, -0.2) is 30.1 Å². The van der Waals surface area contributed by atoms with Gasteiger partial charge in [-0.1, -0.05) is 36.4 Å². The zero-order valence-electron chi connectivity index (χ0n) is 19.3. The topological polar surface area (TPSA) is 84.9 Å². The summed E-state index contributed by atoms with van der Waals surface area (Å²) in [5.74, 6) is -1.18. The van der Waals surface area contributed by atoms with Gasteiger partial charge in [0.1, 0.15) is 5.78 Å². The highest BCUT2D eigenvalue weighted by molar-refractivity contribution is 9.10. The Labute approximate surface area is 207 Å². The van der Waals surface area contributed by atoms with Crippen LogP contribution in [0.5, 0.6) is 11.5 Å². The molecule has 0 fully saturated rings. The Balaban J connectivity index is 1.71. The third kappa shape index (κ3) is 4.89. The zero-order valence-corrected chi connectivity index (χ0v) is 20.9. The minimum Gasteiger partial charge on any atom is -0.503 e. The first-order chi connectivity index (χ1) is 16.4. The molecule has 6 nitrogen and oxygen atoms in total. The van der Waals surface area contributed by atoms with Gasteiger partial charge in [-0.05, 0) is 59.5 Å². The number of nitrogens with one attached hydrogen (secondary N) is 1. The van der Waals surface area contributed by atoms with Crippen LogP contribution in [0.3, 0.4) is 0 Å². The van der Waals surface area contributed by atoms with E-state index in [-0.39, 0.29) is 18.1 Å². The van der Waals surface area contributed by atoms with Crippen molar-refractivity contribution < 1.29 is 24.2 Å². The van der Waals surface area contributed by atoms with Crippen LogP contribution in [-0.2, 0) is 20.7 Å². The number of carbonyl (C=O) groups is 2. The molecule has 0 saturated heterocycles. The summed E-state index contributed by atoms with van der Waals surface area (Å²) in [6.45, 7) is 4.26. The summed E-state index contributed by atoms with van der Waals surface area (Å²) in [6, 6.07) is 13.3. The molecule has 1 heterocycles. The number of esters is 1. The van der Waals surface area contributed by atoms with Crippen LogP contribution in [0.25, 0.3) is 0 Å². The van der Waals surface area contributed by atoms with E-state index < -0.39 is 17.8 Å². The van der Waals surface area contributed by atoms with Crippen LogP contribution in [0.2, 0.25) is 0 Å². The van der Waals surface area contributed by atoms with Gasteiger partial charge >= 0.3 is 5.97 Å². The molecule has 1 aliphatic carbocycles. The average Bonchev–Trinajstić information content (AvgIpc) is 2.82. The molecule has 0 amide bonds. The molecule has 2 unspecified atom stereocenters. The van der Waals surface area contributed by atoms with Crippen LogP contribution in [0.1, 0.15) is 43.7 Å². The molecule has 0 saturated carbocycles. The Bertz CT molecular complexity index is 1160. The first kappa shape index (κ1) is 24.1. The summed E-state index contributed by atoms with van der Waals surface area (Å²) in [6.07, 6.45) is 3.71. The van der Waals surface area contributed by atoms with Gasteiger partial charge in [0, 0.05) is 30.2 Å². The van der Waals surface area contributed by atoms with Gasteiger partial charge in [0.05, 0.1) is 29.2 Å². The van der Waals surface area contributed by atoms with Crippen LogP contribution in [0.4, 0.5) is 0 Å². The molecule has 7 heteroatoms. The maximum absolute atomic E-state index is 13.4. The molecule has 2 aromatic rings. The molecule has 2 atom stereocenters. The van der Waals surface area contributed by atoms with Crippen molar-refractivity contribution in [2.24, 2.45) is 5.92 Å². The van der Waals surface area contributed by atoms with E-state index in [1.165, 1.54) is 0 Å². The van der Waals surface area contributed by atoms with Crippen LogP contribution >= 0.6 is 15.9 Å². The van der Waals surface area contributed by atoms with Gasteiger partial charge < -0.3 is 19.9 Å². The number of phenols is 1. The minimum absolute atomic E-state index is 0.0158. The van der Waals surface area contributed by atoms with E-state index in [1.54, 1.807) is 12.1 Å². The van der Waals surface area contributed by atoms with Gasteiger partial charge in [-0.15, -0.1) is 0 Å². The molecule has 0 aromatic heterocycles. The largest absolute Gasteiger partial charge is 0.503 e. The quantitative estimate of drug-likeness (QED) is 0.485. The number of carbonyl (C=O) groups excluding carboxylic acids is 2. The molecule has 0 bridgehead atoms. The molecule has 2 aromatic carbocycles. The summed E-state index contributed by atoms with van der Waals surface area (Å²) < 4.78 is 11.8. The first-order valence-corrected chi connectivity index (χ1v) is 12.3. The lowest BCUT2D eigenvalue weighted by molar-refractivity contribution is -0.139. The van der Waals surface area contributed by atoms with E-state index in [2.05, 4.69) is 21.2 Å². The molecule has 2 N–H and O–H groups in total. The van der Waals surface area contributed by atoms with Crippen molar-refractivity contribution in [2.75, 3.05) is 13.2 Å². The van der Waals surface area contributed by atoms with Crippen molar-refractivity contribution in [1.29, 1.82) is 0 Å². The number of aromatic hydroxyl groups is 1. The fourth-order valence-electron chi connectivity index (χ4n) is 4.67. The predicted octanol–water partition coefficient (Wildman–Crippen LogP) is 5.16. The molecule has 1 aliphatic heterocycles. The summed E-state index contributed by atoms with van der Waals surface area (Å²) >= 11 is 3.40. The molecule has 34 heavy (non-hydrogen) atoms. The zero-order chi connectivity index (χ0) is 24.2. The number of hydrogen-bond donors (Lipinski definition) is 2. The Morgan fingerprint density at radius 3 is 2.71 bits per heavy atom. The lowest BCUT2D eigenvalue weighted by atomic mass is 9.71. The number of ketones is 1. The second kappa shape index (κ2) is 10.5. The molecule has 2 aliphatic rings. The Morgan fingerprint density at radius 1 is 1.21 bits per heavy atom. The molecular formula is C27H28BrNO5. The molecule has 4 rings (SSSR count). The number of ether oxygens (including phenoxy) is 2. The monoisotopic (exact) mass is 525 g/mol. The predicted molar refractivity (Wildman–Crippen MR) is 132 cm³/mol. The number of halogens is 1. The van der Waals surface area contributed by atoms with Gasteiger partial charge in [0.15, 0.2) is 11.5 Å². The summed E-state index contributed by atoms with van der Waals surface area (Å²) in [7, 11) is 0. The molecule has 0 radical (unpaired) electrons. The van der Waals surface area contributed by atoms with Gasteiger partial charge in [0.2, 0.25) is 0 Å². The fourth-order valence-corrected chi connectivity index (χ4v) is 5.13. The second-order valence-electron chi connectivity index (χ2n) is 8.44. The second-order valence-corrected chi connectivity index (χ2v) is 9.29. The smallest absolute Gasteiger partial charge is 0.336 e. The maximum Gasteiger partial charge on any atom is 0.336 e. The highest BCUT2D eigenvalue weighted by atomic mass is 79.9. The summed E-state index contributed by atoms with van der Waals surface area (Å²) in [5.41, 5.74) is 3.67. The SMILES string of the molecule is CCOc1cc(C2C(C(=O)OCCc3ccccc3)=C(C)NC3=CCCC(=O)C32)cc(Br)c1O. The van der Waals surface area contributed by atoms with E-state index in [1.807, 2.05) is 50.3 Å². The standard InChI is InChI=1S/C27H28BrNO5/c1-3-33-22-15-18(14-19(28)26(22)31)24-23(16(2)29-20-10-7-11-21(30)25(20)24)27(32)34-13-12-17-8-5-4-6-9-17/h4-6,8-10,14-15,24-25,29,31H,3,7,11-13H2,1-2H3. The van der Waals surface area contributed by atoms with E-state index >= 15 is 0 Å². The van der Waals surface area contributed by atoms with Crippen molar-refractivity contribution in [2.45, 2.75) is 39.0 Å². The molecular weight excluding hydrogens is 498 g/mol. The number of phenolic OH excluding ortho intramolecular Hbond substituents is 1. The van der Waals surface area contributed by atoms with Gasteiger partial charge in [-0.3, -0.25) is 4.79 Å². The van der Waals surface area contributed by atoms with E-state index in [0.717, 1.165) is 11.3 Å². The number of hydrogen-bond acceptors (Lipinski definition) is 6. The third-order valence-corrected chi connectivity index (χ3v) is 6.82. The highest BCUT2D eigenvalue weighted by Crippen LogP contribution is 2.47. The van der Waals surface area contributed by atoms with E-state index in [4.69, 9.17) is 9.47 Å². The fraction of sp³-hybridized carbons (Fsp3) is 0.333. The van der Waals surface area contributed by atoms with Crippen LogP contribution in [0, 0.1) is 5.92 Å². The number of Topliss-reactive ketones (excluding diaryl/α,β-unsaturated/α-hetero) is 1. The minimum atomic E-state index is -0.555. The van der Waals surface area contributed by atoms with Gasteiger partial charge in [-0.2, -0.15) is 0 Å². The maximum atomic E-state index is 13.4. The lowest BCUT2D eigenvalue weighted by Crippen LogP contribution is -2.40. The third-order valence-electron chi connectivity index (χ3n) is 6.21. The number of benzene rings is 2. The van der Waals surface area contributed by atoms with Crippen molar-refractivity contribution in [3.05, 3.63) is 81.1 Å². The first-order valence-electron chi connectivity index (χ1n) is 11.5. The average molecular weight is 526 g/mol. The summed E-state index contributed by atoms with van der Waals surface area (Å²) in [5, 5.41) is 13.7. The van der Waals surface area contributed by atoms with Gasteiger partial charge in [0.25, 0.3) is 0 Å². The Hall–Kier alpha value is -3.06. The van der Waals surface area contributed by atoms with Crippen LogP contribution < -0.4 is 10.1 Å². The van der Waals surface area contributed by atoms with Crippen LogP contribution in [0.15, 0.2) is 70.0 Å². The van der Waals surface area contributed by atoms with Crippen molar-refractivity contribution in [3.63, 3.8) is 0 Å². The molecule has 178 valence electrons. The lowest BCUT2D eigenvalue weighted by Gasteiger charge is -2.38. The van der Waals surface area contributed by atoms with Gasteiger partial charge in [-0.25, -0.2) is 4.79 Å². The number of allylic oxidation sites excluding steroid dienone is 3. The van der Waals surface area contributed by atoms with E-state index in [9.17, 15) is 14.7 Å². The van der Waals surface area contributed by atoms with Crippen molar-refractivity contribution >= 4 is 27.7 Å². The number of fused-ring (bicyclic) bond motifs is 1. The highest BCUT2D eigenvalue weighted by Gasteiger charge is 2.43. The van der Waals surface area contributed by atoms with Crippen molar-refractivity contribution in [1.82, 2.24) is 5.32 Å². The summed E-state index contributed by atoms with van der Waals surface area (Å²) in [4.78, 5) is 26.5. The normalized spacial score (nSPS) is 19.7.